The van der Waals surface area contributed by atoms with Gasteiger partial charge in [0, 0.05) is 44.8 Å². The van der Waals surface area contributed by atoms with Gasteiger partial charge >= 0.3 is 0 Å². The fourth-order valence-electron chi connectivity index (χ4n) is 4.18. The van der Waals surface area contributed by atoms with Gasteiger partial charge in [-0.1, -0.05) is 19.9 Å². The lowest BCUT2D eigenvalue weighted by molar-refractivity contribution is -0.135. The molecule has 2 amide bonds. The first-order valence-corrected chi connectivity index (χ1v) is 9.89. The van der Waals surface area contributed by atoms with Crippen molar-refractivity contribution < 1.29 is 14.0 Å². The van der Waals surface area contributed by atoms with Crippen LogP contribution in [0.25, 0.3) is 0 Å². The average molecular weight is 375 g/mol. The predicted octanol–water partition coefficient (Wildman–Crippen LogP) is 2.40. The molecule has 0 N–H and O–H groups in total. The first-order valence-electron chi connectivity index (χ1n) is 9.89. The number of likely N-dealkylation sites (tertiary alicyclic amines) is 1. The summed E-state index contributed by atoms with van der Waals surface area (Å²) in [6, 6.07) is 4.62. The molecule has 2 atom stereocenters. The molecule has 2 unspecified atom stereocenters. The smallest absolute Gasteiger partial charge is 0.254 e. The molecule has 2 aliphatic heterocycles. The highest BCUT2D eigenvalue weighted by Gasteiger charge is 2.28. The number of aryl methyl sites for hydroxylation is 1. The quantitative estimate of drug-likeness (QED) is 0.815. The summed E-state index contributed by atoms with van der Waals surface area (Å²) >= 11 is 0. The van der Waals surface area contributed by atoms with Crippen LogP contribution in [-0.4, -0.2) is 72.3 Å². The Hall–Kier alpha value is -1.95. The van der Waals surface area contributed by atoms with Crippen LogP contribution < -0.4 is 0 Å². The van der Waals surface area contributed by atoms with E-state index in [1.807, 2.05) is 4.90 Å². The summed E-state index contributed by atoms with van der Waals surface area (Å²) in [7, 11) is 0. The summed E-state index contributed by atoms with van der Waals surface area (Å²) in [5, 5.41) is 0. The molecule has 6 heteroatoms. The minimum Gasteiger partial charge on any atom is -0.341 e. The zero-order valence-corrected chi connectivity index (χ0v) is 16.6. The first kappa shape index (κ1) is 19.8. The number of piperazine rings is 1. The van der Waals surface area contributed by atoms with E-state index in [-0.39, 0.29) is 17.6 Å². The number of hydrogen-bond acceptors (Lipinski definition) is 3. The van der Waals surface area contributed by atoms with E-state index in [9.17, 15) is 14.0 Å². The van der Waals surface area contributed by atoms with E-state index < -0.39 is 0 Å². The molecule has 148 valence electrons. The Morgan fingerprint density at radius 1 is 1.04 bits per heavy atom. The molecule has 0 saturated carbocycles. The monoisotopic (exact) mass is 375 g/mol. The molecule has 1 aromatic rings. The molecule has 3 rings (SSSR count). The zero-order chi connectivity index (χ0) is 19.6. The molecule has 1 aromatic carbocycles. The van der Waals surface area contributed by atoms with E-state index in [1.165, 1.54) is 12.5 Å². The van der Waals surface area contributed by atoms with Crippen molar-refractivity contribution in [3.8, 4) is 0 Å². The molecule has 5 nitrogen and oxygen atoms in total. The highest BCUT2D eigenvalue weighted by atomic mass is 19.1. The Morgan fingerprint density at radius 3 is 2.26 bits per heavy atom. The maximum Gasteiger partial charge on any atom is 0.254 e. The van der Waals surface area contributed by atoms with Crippen LogP contribution in [0, 0.1) is 24.6 Å². The number of hydrogen-bond donors (Lipinski definition) is 0. The highest BCUT2D eigenvalue weighted by Crippen LogP contribution is 2.21. The van der Waals surface area contributed by atoms with Crippen LogP contribution in [0.1, 0.15) is 36.2 Å². The van der Waals surface area contributed by atoms with Gasteiger partial charge in [-0.15, -0.1) is 0 Å². The van der Waals surface area contributed by atoms with Crippen molar-refractivity contribution in [2.24, 2.45) is 11.8 Å². The normalized spacial score (nSPS) is 24.1. The number of carbonyl (C=O) groups excluding carboxylic acids is 2. The minimum absolute atomic E-state index is 0.140. The van der Waals surface area contributed by atoms with Gasteiger partial charge < -0.3 is 9.80 Å². The molecular weight excluding hydrogens is 345 g/mol. The Labute approximate surface area is 161 Å². The largest absolute Gasteiger partial charge is 0.341 e. The lowest BCUT2D eigenvalue weighted by Gasteiger charge is -2.38. The Kier molecular flexibility index (Phi) is 6.15. The number of piperidine rings is 1. The summed E-state index contributed by atoms with van der Waals surface area (Å²) in [4.78, 5) is 31.1. The second kappa shape index (κ2) is 8.38. The number of nitrogens with zero attached hydrogens (tertiary/aromatic N) is 3. The third-order valence-electron chi connectivity index (χ3n) is 5.66. The van der Waals surface area contributed by atoms with Crippen molar-refractivity contribution in [2.75, 3.05) is 45.8 Å². The van der Waals surface area contributed by atoms with Crippen LogP contribution in [0.4, 0.5) is 4.39 Å². The number of benzene rings is 1. The van der Waals surface area contributed by atoms with Crippen LogP contribution in [0.3, 0.4) is 0 Å². The molecule has 27 heavy (non-hydrogen) atoms. The second-order valence-corrected chi connectivity index (χ2v) is 8.28. The molecule has 0 spiro atoms. The standard InChI is InChI=1S/C21H30FN3O2/c1-15-10-16(2)13-25(12-15)20(26)14-23-6-8-24(9-7-23)21(27)18-5-4-17(3)19(22)11-18/h4-5,11,15-16H,6-10,12-14H2,1-3H3. The van der Waals surface area contributed by atoms with Gasteiger partial charge in [0.15, 0.2) is 0 Å². The van der Waals surface area contributed by atoms with Gasteiger partial charge in [-0.25, -0.2) is 4.39 Å². The van der Waals surface area contributed by atoms with Crippen LogP contribution >= 0.6 is 0 Å². The van der Waals surface area contributed by atoms with Gasteiger partial charge in [-0.2, -0.15) is 0 Å². The number of rotatable bonds is 3. The summed E-state index contributed by atoms with van der Waals surface area (Å²) in [5.41, 5.74) is 0.926. The van der Waals surface area contributed by atoms with Gasteiger partial charge in [0.25, 0.3) is 5.91 Å². The van der Waals surface area contributed by atoms with E-state index in [0.29, 0.717) is 55.7 Å². The molecular formula is C21H30FN3O2. The van der Waals surface area contributed by atoms with Crippen LogP contribution in [0.15, 0.2) is 18.2 Å². The molecule has 0 aliphatic carbocycles. The van der Waals surface area contributed by atoms with Gasteiger partial charge in [0.2, 0.25) is 5.91 Å². The molecule has 0 bridgehead atoms. The van der Waals surface area contributed by atoms with E-state index in [0.717, 1.165) is 13.1 Å². The summed E-state index contributed by atoms with van der Waals surface area (Å²) in [6.45, 7) is 10.7. The third kappa shape index (κ3) is 4.86. The minimum atomic E-state index is -0.352. The summed E-state index contributed by atoms with van der Waals surface area (Å²) < 4.78 is 13.7. The van der Waals surface area contributed by atoms with Gasteiger partial charge in [-0.05, 0) is 42.9 Å². The lowest BCUT2D eigenvalue weighted by atomic mass is 9.92. The van der Waals surface area contributed by atoms with Crippen LogP contribution in [0.2, 0.25) is 0 Å². The fraction of sp³-hybridized carbons (Fsp3) is 0.619. The van der Waals surface area contributed by atoms with Crippen molar-refractivity contribution in [2.45, 2.75) is 27.2 Å². The van der Waals surface area contributed by atoms with E-state index in [4.69, 9.17) is 0 Å². The van der Waals surface area contributed by atoms with Gasteiger partial charge in [-0.3, -0.25) is 14.5 Å². The van der Waals surface area contributed by atoms with Crippen LogP contribution in [0.5, 0.6) is 0 Å². The van der Waals surface area contributed by atoms with E-state index >= 15 is 0 Å². The molecule has 0 radical (unpaired) electrons. The van der Waals surface area contributed by atoms with Crippen molar-refractivity contribution >= 4 is 11.8 Å². The maximum absolute atomic E-state index is 13.7. The van der Waals surface area contributed by atoms with Crippen molar-refractivity contribution in [3.05, 3.63) is 35.1 Å². The Morgan fingerprint density at radius 2 is 1.67 bits per heavy atom. The topological polar surface area (TPSA) is 43.9 Å². The Balaban J connectivity index is 1.50. The van der Waals surface area contributed by atoms with Gasteiger partial charge in [0.05, 0.1) is 6.54 Å². The van der Waals surface area contributed by atoms with Crippen molar-refractivity contribution in [3.63, 3.8) is 0 Å². The number of halogens is 1. The third-order valence-corrected chi connectivity index (χ3v) is 5.66. The average Bonchev–Trinajstić information content (AvgIpc) is 2.63. The summed E-state index contributed by atoms with van der Waals surface area (Å²) in [5.74, 6) is 0.812. The van der Waals surface area contributed by atoms with E-state index in [2.05, 4.69) is 18.7 Å². The second-order valence-electron chi connectivity index (χ2n) is 8.28. The lowest BCUT2D eigenvalue weighted by Crippen LogP contribution is -2.53. The van der Waals surface area contributed by atoms with E-state index in [1.54, 1.807) is 24.0 Å². The highest BCUT2D eigenvalue weighted by molar-refractivity contribution is 5.94. The molecule has 2 fully saturated rings. The SMILES string of the molecule is Cc1ccc(C(=O)N2CCN(CC(=O)N3CC(C)CC(C)C3)CC2)cc1F. The van der Waals surface area contributed by atoms with Gasteiger partial charge in [0.1, 0.15) is 5.82 Å². The van der Waals surface area contributed by atoms with Crippen molar-refractivity contribution in [1.82, 2.24) is 14.7 Å². The molecule has 2 saturated heterocycles. The summed E-state index contributed by atoms with van der Waals surface area (Å²) in [6.07, 6.45) is 1.18. The molecule has 2 aliphatic rings. The number of carbonyl (C=O) groups is 2. The molecule has 2 heterocycles. The fourth-order valence-corrected chi connectivity index (χ4v) is 4.18. The first-order chi connectivity index (χ1) is 12.8. The number of amides is 2. The predicted molar refractivity (Wildman–Crippen MR) is 103 cm³/mol. The zero-order valence-electron chi connectivity index (χ0n) is 16.6. The maximum atomic E-state index is 13.7. The van der Waals surface area contributed by atoms with Crippen molar-refractivity contribution in [1.29, 1.82) is 0 Å². The van der Waals surface area contributed by atoms with Crippen LogP contribution in [-0.2, 0) is 4.79 Å². The molecule has 0 aromatic heterocycles. The Bertz CT molecular complexity index is 691.